The molecule has 0 bridgehead atoms. The highest BCUT2D eigenvalue weighted by atomic mass is 32.2. The molecule has 0 aliphatic carbocycles. The van der Waals surface area contributed by atoms with Crippen LogP contribution >= 0.6 is 0 Å². The molecule has 0 aliphatic heterocycles. The number of ether oxygens (including phenoxy) is 1. The highest BCUT2D eigenvalue weighted by molar-refractivity contribution is 7.89. The summed E-state index contributed by atoms with van der Waals surface area (Å²) < 4.78 is 94.7. The molecule has 0 amide bonds. The Hall–Kier alpha value is -2.78. The van der Waals surface area contributed by atoms with E-state index in [1.54, 1.807) is 6.07 Å². The summed E-state index contributed by atoms with van der Waals surface area (Å²) >= 11 is 0. The van der Waals surface area contributed by atoms with Crippen molar-refractivity contribution in [1.29, 1.82) is 5.26 Å². The van der Waals surface area contributed by atoms with Gasteiger partial charge >= 0.3 is 12.8 Å². The number of hydrogen-bond donors (Lipinski definition) is 0. The molecule has 0 aliphatic rings. The van der Waals surface area contributed by atoms with Crippen LogP contribution in [0.1, 0.15) is 17.2 Å². The molecule has 150 valence electrons. The topological polar surface area (TPSA) is 83.3 Å². The van der Waals surface area contributed by atoms with E-state index < -0.39 is 39.3 Å². The molecule has 1 aromatic heterocycles. The van der Waals surface area contributed by atoms with E-state index in [9.17, 15) is 30.4 Å². The van der Waals surface area contributed by atoms with E-state index in [-0.39, 0.29) is 15.6 Å². The normalized spacial score (nSPS) is 13.4. The summed E-state index contributed by atoms with van der Waals surface area (Å²) in [5.41, 5.74) is -0.656. The van der Waals surface area contributed by atoms with Gasteiger partial charge in [-0.15, -0.1) is 0 Å². The molecule has 1 aromatic carbocycles. The van der Waals surface area contributed by atoms with E-state index in [1.165, 1.54) is 0 Å². The van der Waals surface area contributed by atoms with Crippen molar-refractivity contribution in [3.8, 4) is 11.8 Å². The summed E-state index contributed by atoms with van der Waals surface area (Å²) in [5.74, 6) is -0.379. The lowest BCUT2D eigenvalue weighted by Gasteiger charge is -2.29. The Labute approximate surface area is 156 Å². The first-order chi connectivity index (χ1) is 13.0. The quantitative estimate of drug-likeness (QED) is 0.667. The third-order valence-corrected chi connectivity index (χ3v) is 5.40. The Balaban J connectivity index is 2.46. The molecule has 0 saturated heterocycles. The molecule has 1 heterocycles. The summed E-state index contributed by atoms with van der Waals surface area (Å²) in [7, 11) is -3.96. The van der Waals surface area contributed by atoms with E-state index in [1.807, 2.05) is 0 Å². The van der Waals surface area contributed by atoms with Crippen LogP contribution in [0.4, 0.5) is 22.0 Å². The van der Waals surface area contributed by atoms with Gasteiger partial charge in [0.15, 0.2) is 0 Å². The fourth-order valence-corrected chi connectivity index (χ4v) is 3.68. The molecular weight excluding hydrogens is 409 g/mol. The number of rotatable bonds is 6. The minimum atomic E-state index is -5.02. The van der Waals surface area contributed by atoms with Crippen LogP contribution in [0.2, 0.25) is 0 Å². The third-order valence-electron chi connectivity index (χ3n) is 3.61. The predicted octanol–water partition coefficient (Wildman–Crippen LogP) is 3.48. The van der Waals surface area contributed by atoms with E-state index >= 15 is 0 Å². The van der Waals surface area contributed by atoms with Crippen LogP contribution in [-0.2, 0) is 10.0 Å². The van der Waals surface area contributed by atoms with Crippen molar-refractivity contribution in [1.82, 2.24) is 9.29 Å². The number of nitrogens with zero attached hydrogens (tertiary/aromatic N) is 3. The van der Waals surface area contributed by atoms with E-state index in [4.69, 9.17) is 5.26 Å². The molecule has 0 saturated carbocycles. The molecule has 0 radical (unpaired) electrons. The Bertz CT molecular complexity index is 972. The number of alkyl halides is 5. The average Bonchev–Trinajstić information content (AvgIpc) is 2.61. The molecule has 28 heavy (non-hydrogen) atoms. The van der Waals surface area contributed by atoms with Gasteiger partial charge in [0.1, 0.15) is 22.8 Å². The maximum atomic E-state index is 13.6. The Kier molecular flexibility index (Phi) is 6.20. The highest BCUT2D eigenvalue weighted by Gasteiger charge is 2.47. The van der Waals surface area contributed by atoms with Crippen molar-refractivity contribution in [3.05, 3.63) is 53.9 Å². The van der Waals surface area contributed by atoms with Crippen LogP contribution in [0, 0.1) is 11.3 Å². The summed E-state index contributed by atoms with van der Waals surface area (Å²) in [4.78, 5) is 2.94. The number of sulfonamides is 1. The Morgan fingerprint density at radius 1 is 1.18 bits per heavy atom. The minimum absolute atomic E-state index is 0.0775. The maximum Gasteiger partial charge on any atom is 0.409 e. The Morgan fingerprint density at radius 3 is 2.29 bits per heavy atom. The zero-order chi connectivity index (χ0) is 21.1. The molecule has 2 aromatic rings. The number of aromatic nitrogens is 1. The first-order valence-corrected chi connectivity index (χ1v) is 8.85. The second-order valence-corrected chi connectivity index (χ2v) is 7.43. The van der Waals surface area contributed by atoms with Crippen LogP contribution in [0.5, 0.6) is 5.75 Å². The van der Waals surface area contributed by atoms with E-state index in [0.29, 0.717) is 0 Å². The molecule has 12 heteroatoms. The molecule has 0 fully saturated rings. The summed E-state index contributed by atoms with van der Waals surface area (Å²) in [6.07, 6.45) is -3.14. The first-order valence-electron chi connectivity index (χ1n) is 7.41. The van der Waals surface area contributed by atoms with Crippen molar-refractivity contribution < 1.29 is 35.1 Å². The van der Waals surface area contributed by atoms with Crippen molar-refractivity contribution in [2.45, 2.75) is 23.7 Å². The first kappa shape index (κ1) is 21.5. The van der Waals surface area contributed by atoms with Crippen molar-refractivity contribution >= 4 is 10.0 Å². The predicted molar refractivity (Wildman–Crippen MR) is 85.8 cm³/mol. The van der Waals surface area contributed by atoms with Gasteiger partial charge in [0.25, 0.3) is 0 Å². The number of nitriles is 1. The SMILES string of the molecule is CN(C(c1ccc(OC(F)F)cc1)C(F)(F)F)S(=O)(=O)c1cncc(C#N)c1. The lowest BCUT2D eigenvalue weighted by Crippen LogP contribution is -2.39. The van der Waals surface area contributed by atoms with Crippen LogP contribution in [0.25, 0.3) is 0 Å². The zero-order valence-corrected chi connectivity index (χ0v) is 14.9. The smallest absolute Gasteiger partial charge is 0.409 e. The lowest BCUT2D eigenvalue weighted by atomic mass is 10.1. The van der Waals surface area contributed by atoms with Gasteiger partial charge in [-0.1, -0.05) is 12.1 Å². The van der Waals surface area contributed by atoms with Gasteiger partial charge < -0.3 is 4.74 Å². The maximum absolute atomic E-state index is 13.6. The molecule has 6 nitrogen and oxygen atoms in total. The number of halogens is 5. The second-order valence-electron chi connectivity index (χ2n) is 5.43. The van der Waals surface area contributed by atoms with Crippen molar-refractivity contribution in [2.75, 3.05) is 7.05 Å². The molecule has 0 N–H and O–H groups in total. The molecule has 1 atom stereocenters. The van der Waals surface area contributed by atoms with E-state index in [0.717, 1.165) is 49.8 Å². The summed E-state index contributed by atoms with van der Waals surface area (Å²) in [5, 5.41) is 8.83. The molecule has 1 unspecified atom stereocenters. The van der Waals surface area contributed by atoms with Crippen LogP contribution in [0.15, 0.2) is 47.6 Å². The van der Waals surface area contributed by atoms with Gasteiger partial charge in [0, 0.05) is 19.4 Å². The average molecular weight is 421 g/mol. The molecule has 2 rings (SSSR count). The van der Waals surface area contributed by atoms with Gasteiger partial charge in [-0.25, -0.2) is 8.42 Å². The van der Waals surface area contributed by atoms with Crippen LogP contribution in [-0.4, -0.2) is 37.5 Å². The second kappa shape index (κ2) is 8.07. The number of pyridine rings is 1. The van der Waals surface area contributed by atoms with Gasteiger partial charge in [0.2, 0.25) is 10.0 Å². The lowest BCUT2D eigenvalue weighted by molar-refractivity contribution is -0.171. The summed E-state index contributed by atoms with van der Waals surface area (Å²) in [6.45, 7) is -3.16. The van der Waals surface area contributed by atoms with Crippen molar-refractivity contribution in [2.24, 2.45) is 0 Å². The fourth-order valence-electron chi connectivity index (χ4n) is 2.36. The van der Waals surface area contributed by atoms with Gasteiger partial charge in [-0.3, -0.25) is 4.98 Å². The van der Waals surface area contributed by atoms with Gasteiger partial charge in [0.05, 0.1) is 5.56 Å². The minimum Gasteiger partial charge on any atom is -0.435 e. The largest absolute Gasteiger partial charge is 0.435 e. The van der Waals surface area contributed by atoms with E-state index in [2.05, 4.69) is 9.72 Å². The van der Waals surface area contributed by atoms with Gasteiger partial charge in [-0.2, -0.15) is 31.5 Å². The number of benzene rings is 1. The number of hydrogen-bond acceptors (Lipinski definition) is 5. The zero-order valence-electron chi connectivity index (χ0n) is 14.1. The molecule has 0 spiro atoms. The monoisotopic (exact) mass is 421 g/mol. The Morgan fingerprint density at radius 2 is 1.79 bits per heavy atom. The molecular formula is C16H12F5N3O3S. The fraction of sp³-hybridized carbons (Fsp3) is 0.250. The van der Waals surface area contributed by atoms with Crippen LogP contribution in [0.3, 0.4) is 0 Å². The van der Waals surface area contributed by atoms with Crippen LogP contribution < -0.4 is 4.74 Å². The summed E-state index contributed by atoms with van der Waals surface area (Å²) in [6, 6.07) is 3.36. The highest BCUT2D eigenvalue weighted by Crippen LogP contribution is 2.40. The standard InChI is InChI=1S/C16H12F5N3O3S/c1-24(28(25,26)13-6-10(7-22)8-23-9-13)14(16(19,20)21)11-2-4-12(5-3-11)27-15(17)18/h2-6,8-9,14-15H,1H3. The van der Waals surface area contributed by atoms with Crippen molar-refractivity contribution in [3.63, 3.8) is 0 Å². The third kappa shape index (κ3) is 4.73. The van der Waals surface area contributed by atoms with Gasteiger partial charge in [-0.05, 0) is 23.8 Å².